The maximum Gasteiger partial charge on any atom is 0.170 e. The molecule has 0 aliphatic heterocycles. The van der Waals surface area contributed by atoms with Gasteiger partial charge in [0.2, 0.25) is 0 Å². The molecule has 3 rings (SSSR count). The van der Waals surface area contributed by atoms with Crippen LogP contribution in [0.4, 0.5) is 0 Å². The number of ketones is 1. The molecule has 0 amide bonds. The highest BCUT2D eigenvalue weighted by atomic mass is 32.1. The lowest BCUT2D eigenvalue weighted by molar-refractivity contribution is 0.0992. The van der Waals surface area contributed by atoms with Gasteiger partial charge >= 0.3 is 0 Å². The van der Waals surface area contributed by atoms with E-state index in [2.05, 4.69) is 22.6 Å². The molecule has 0 bridgehead atoms. The van der Waals surface area contributed by atoms with Crippen molar-refractivity contribution in [3.05, 3.63) is 52.7 Å². The number of hydrogen-bond acceptors (Lipinski definition) is 3. The van der Waals surface area contributed by atoms with Gasteiger partial charge in [-0.2, -0.15) is 5.10 Å². The summed E-state index contributed by atoms with van der Waals surface area (Å²) in [6, 6.07) is 8.20. The zero-order chi connectivity index (χ0) is 13.4. The lowest BCUT2D eigenvalue weighted by Crippen LogP contribution is -2.05. The predicted octanol–water partition coefficient (Wildman–Crippen LogP) is 3.37. The van der Waals surface area contributed by atoms with Crippen LogP contribution < -0.4 is 0 Å². The van der Waals surface area contributed by atoms with Crippen molar-refractivity contribution >= 4 is 27.2 Å². The maximum absolute atomic E-state index is 12.3. The van der Waals surface area contributed by atoms with E-state index in [4.69, 9.17) is 0 Å². The smallest absolute Gasteiger partial charge is 0.170 e. The van der Waals surface area contributed by atoms with E-state index in [0.717, 1.165) is 16.8 Å². The molecule has 3 aromatic rings. The van der Waals surface area contributed by atoms with Crippen molar-refractivity contribution in [3.8, 4) is 0 Å². The summed E-state index contributed by atoms with van der Waals surface area (Å²) in [5, 5.41) is 7.39. The molecular weight excluding hydrogens is 256 g/mol. The molecule has 0 aliphatic rings. The van der Waals surface area contributed by atoms with E-state index < -0.39 is 0 Å². The Bertz CT molecular complexity index is 754. The summed E-state index contributed by atoms with van der Waals surface area (Å²) in [7, 11) is 1.85. The van der Waals surface area contributed by atoms with Gasteiger partial charge in [0.05, 0.1) is 11.8 Å². The summed E-state index contributed by atoms with van der Waals surface area (Å²) in [5.74, 6) is 0.133. The van der Waals surface area contributed by atoms with Crippen molar-refractivity contribution in [1.82, 2.24) is 9.78 Å². The van der Waals surface area contributed by atoms with Crippen LogP contribution in [0.1, 0.15) is 21.6 Å². The molecule has 96 valence electrons. The SMILES string of the molecule is Cc1c(C(=O)Cc2csc3ccccc23)cnn1C. The van der Waals surface area contributed by atoms with Crippen LogP contribution in [0.25, 0.3) is 10.1 Å². The first-order valence-corrected chi connectivity index (χ1v) is 7.01. The van der Waals surface area contributed by atoms with Crippen molar-refractivity contribution in [3.63, 3.8) is 0 Å². The highest BCUT2D eigenvalue weighted by molar-refractivity contribution is 7.17. The number of fused-ring (bicyclic) bond motifs is 1. The average molecular weight is 270 g/mol. The van der Waals surface area contributed by atoms with Gasteiger partial charge in [-0.15, -0.1) is 11.3 Å². The van der Waals surface area contributed by atoms with Gasteiger partial charge < -0.3 is 0 Å². The quantitative estimate of drug-likeness (QED) is 0.684. The van der Waals surface area contributed by atoms with E-state index >= 15 is 0 Å². The molecule has 0 fully saturated rings. The molecule has 2 aromatic heterocycles. The Morgan fingerprint density at radius 2 is 2.16 bits per heavy atom. The van der Waals surface area contributed by atoms with Gasteiger partial charge in [0.1, 0.15) is 0 Å². The lowest BCUT2D eigenvalue weighted by atomic mass is 10.0. The fourth-order valence-electron chi connectivity index (χ4n) is 2.21. The number of benzene rings is 1. The van der Waals surface area contributed by atoms with Crippen LogP contribution in [0.3, 0.4) is 0 Å². The van der Waals surface area contributed by atoms with E-state index in [0.29, 0.717) is 6.42 Å². The Kier molecular flexibility index (Phi) is 2.95. The Morgan fingerprint density at radius 3 is 2.89 bits per heavy atom. The van der Waals surface area contributed by atoms with Crippen LogP contribution in [-0.2, 0) is 13.5 Å². The van der Waals surface area contributed by atoms with E-state index in [-0.39, 0.29) is 5.78 Å². The van der Waals surface area contributed by atoms with Crippen LogP contribution in [0.2, 0.25) is 0 Å². The average Bonchev–Trinajstić information content (AvgIpc) is 2.96. The molecule has 3 nitrogen and oxygen atoms in total. The second-order valence-electron chi connectivity index (χ2n) is 4.62. The van der Waals surface area contributed by atoms with Crippen molar-refractivity contribution in [2.45, 2.75) is 13.3 Å². The molecule has 0 unspecified atom stereocenters. The van der Waals surface area contributed by atoms with E-state index in [1.807, 2.05) is 26.1 Å². The first kappa shape index (κ1) is 12.1. The second kappa shape index (κ2) is 4.63. The molecule has 0 N–H and O–H groups in total. The van der Waals surface area contributed by atoms with Gasteiger partial charge in [-0.1, -0.05) is 18.2 Å². The summed E-state index contributed by atoms with van der Waals surface area (Å²) in [5.41, 5.74) is 2.75. The summed E-state index contributed by atoms with van der Waals surface area (Å²) < 4.78 is 2.96. The van der Waals surface area contributed by atoms with Gasteiger partial charge in [-0.05, 0) is 29.3 Å². The minimum absolute atomic E-state index is 0.133. The van der Waals surface area contributed by atoms with Gasteiger partial charge in [-0.25, -0.2) is 0 Å². The van der Waals surface area contributed by atoms with Crippen molar-refractivity contribution in [1.29, 1.82) is 0 Å². The molecule has 0 saturated carbocycles. The van der Waals surface area contributed by atoms with Gasteiger partial charge in [0, 0.05) is 23.9 Å². The Labute approximate surface area is 115 Å². The first-order valence-electron chi connectivity index (χ1n) is 6.13. The molecule has 0 aliphatic carbocycles. The highest BCUT2D eigenvalue weighted by Gasteiger charge is 2.15. The number of nitrogens with zero attached hydrogens (tertiary/aromatic N) is 2. The largest absolute Gasteiger partial charge is 0.294 e. The van der Waals surface area contributed by atoms with E-state index in [9.17, 15) is 4.79 Å². The number of carbonyl (C=O) groups excluding carboxylic acids is 1. The second-order valence-corrected chi connectivity index (χ2v) is 5.54. The third-order valence-electron chi connectivity index (χ3n) is 3.45. The third-order valence-corrected chi connectivity index (χ3v) is 4.46. The molecule has 0 saturated heterocycles. The van der Waals surface area contributed by atoms with E-state index in [1.54, 1.807) is 22.2 Å². The molecule has 0 atom stereocenters. The van der Waals surface area contributed by atoms with Crippen LogP contribution >= 0.6 is 11.3 Å². The lowest BCUT2D eigenvalue weighted by Gasteiger charge is -2.00. The fraction of sp³-hybridized carbons (Fsp3) is 0.200. The number of hydrogen-bond donors (Lipinski definition) is 0. The molecule has 19 heavy (non-hydrogen) atoms. The fourth-order valence-corrected chi connectivity index (χ4v) is 3.17. The summed E-state index contributed by atoms with van der Waals surface area (Å²) in [6.07, 6.45) is 2.10. The van der Waals surface area contributed by atoms with Crippen LogP contribution in [0.5, 0.6) is 0 Å². The van der Waals surface area contributed by atoms with Gasteiger partial charge in [0.15, 0.2) is 5.78 Å². The molecule has 2 heterocycles. The number of rotatable bonds is 3. The van der Waals surface area contributed by atoms with Crippen LogP contribution in [-0.4, -0.2) is 15.6 Å². The summed E-state index contributed by atoms with van der Waals surface area (Å²) in [6.45, 7) is 1.92. The van der Waals surface area contributed by atoms with Crippen LogP contribution in [0.15, 0.2) is 35.8 Å². The molecular formula is C15H14N2OS. The Hall–Kier alpha value is -1.94. The zero-order valence-electron chi connectivity index (χ0n) is 10.9. The first-order chi connectivity index (χ1) is 9.16. The summed E-state index contributed by atoms with van der Waals surface area (Å²) >= 11 is 1.69. The monoisotopic (exact) mass is 270 g/mol. The number of Topliss-reactive ketones (excluding diaryl/α,β-unsaturated/α-hetero) is 1. The van der Waals surface area contributed by atoms with Gasteiger partial charge in [0.25, 0.3) is 0 Å². The van der Waals surface area contributed by atoms with Crippen molar-refractivity contribution in [2.24, 2.45) is 7.05 Å². The molecule has 4 heteroatoms. The minimum Gasteiger partial charge on any atom is -0.294 e. The maximum atomic E-state index is 12.3. The van der Waals surface area contributed by atoms with Crippen molar-refractivity contribution < 1.29 is 4.79 Å². The number of aryl methyl sites for hydroxylation is 1. The van der Waals surface area contributed by atoms with E-state index in [1.165, 1.54) is 10.1 Å². The molecule has 0 radical (unpaired) electrons. The Balaban J connectivity index is 1.93. The predicted molar refractivity (Wildman–Crippen MR) is 77.8 cm³/mol. The minimum atomic E-state index is 0.133. The highest BCUT2D eigenvalue weighted by Crippen LogP contribution is 2.26. The van der Waals surface area contributed by atoms with Crippen LogP contribution in [0, 0.1) is 6.92 Å². The summed E-state index contributed by atoms with van der Waals surface area (Å²) in [4.78, 5) is 12.3. The van der Waals surface area contributed by atoms with Crippen molar-refractivity contribution in [2.75, 3.05) is 0 Å². The Morgan fingerprint density at radius 1 is 1.37 bits per heavy atom. The standard InChI is InChI=1S/C15H14N2OS/c1-10-13(8-16-17(10)2)14(18)7-11-9-19-15-6-4-3-5-12(11)15/h3-6,8-9H,7H2,1-2H3. The molecule has 1 aromatic carbocycles. The molecule has 0 spiro atoms. The van der Waals surface area contributed by atoms with Gasteiger partial charge in [-0.3, -0.25) is 9.48 Å². The number of thiophene rings is 1. The normalized spacial score (nSPS) is 11.1. The zero-order valence-corrected chi connectivity index (χ0v) is 11.7. The topological polar surface area (TPSA) is 34.9 Å². The number of carbonyl (C=O) groups is 1. The third kappa shape index (κ3) is 2.08. The number of aromatic nitrogens is 2.